The van der Waals surface area contributed by atoms with Gasteiger partial charge in [-0.3, -0.25) is 4.79 Å². The number of rotatable bonds is 4. The van der Waals surface area contributed by atoms with Crippen molar-refractivity contribution in [3.63, 3.8) is 0 Å². The third-order valence-corrected chi connectivity index (χ3v) is 8.63. The first kappa shape index (κ1) is 20.4. The minimum atomic E-state index is -3.10. The van der Waals surface area contributed by atoms with Crippen LogP contribution in [0.15, 0.2) is 53.5 Å². The van der Waals surface area contributed by atoms with Gasteiger partial charge in [0.1, 0.15) is 0 Å². The number of hydrogen-bond acceptors (Lipinski definition) is 4. The number of sulfone groups is 1. The summed E-state index contributed by atoms with van der Waals surface area (Å²) in [6.07, 6.45) is 0.933. The standard InChI is InChI=1S/C21H21ClN2O3S2/c1-14-7-9-16(22)11-17(14)24-18-12-29(26,27)13-19(18)28-21(24)23-20(25)10-8-15-5-3-2-4-6-15/h2-7,9,11,18-19H,8,10,12-13H2,1H3/t18-,19-/m0/s1. The van der Waals surface area contributed by atoms with Gasteiger partial charge < -0.3 is 4.90 Å². The fraction of sp³-hybridized carbons (Fsp3) is 0.333. The number of nitrogens with zero attached hydrogens (tertiary/aromatic N) is 2. The molecular formula is C21H21ClN2O3S2. The number of amidine groups is 1. The molecule has 0 aromatic heterocycles. The van der Waals surface area contributed by atoms with Crippen LogP contribution < -0.4 is 4.90 Å². The largest absolute Gasteiger partial charge is 0.315 e. The van der Waals surface area contributed by atoms with E-state index in [9.17, 15) is 13.2 Å². The van der Waals surface area contributed by atoms with Crippen molar-refractivity contribution in [3.05, 3.63) is 64.7 Å². The minimum Gasteiger partial charge on any atom is -0.315 e. The molecule has 29 heavy (non-hydrogen) atoms. The van der Waals surface area contributed by atoms with E-state index in [2.05, 4.69) is 4.99 Å². The average Bonchev–Trinajstić information content (AvgIpc) is 3.14. The van der Waals surface area contributed by atoms with E-state index in [4.69, 9.17) is 11.6 Å². The number of anilines is 1. The van der Waals surface area contributed by atoms with Gasteiger partial charge in [-0.25, -0.2) is 8.42 Å². The molecule has 0 radical (unpaired) electrons. The van der Waals surface area contributed by atoms with E-state index < -0.39 is 9.84 Å². The molecule has 2 aromatic carbocycles. The monoisotopic (exact) mass is 448 g/mol. The predicted octanol–water partition coefficient (Wildman–Crippen LogP) is 3.88. The number of thioether (sulfide) groups is 1. The van der Waals surface area contributed by atoms with Gasteiger partial charge in [0.05, 0.1) is 17.5 Å². The molecule has 2 saturated heterocycles. The Bertz CT molecular complexity index is 1070. The fourth-order valence-corrected chi connectivity index (χ4v) is 7.84. The Morgan fingerprint density at radius 3 is 2.72 bits per heavy atom. The molecule has 0 N–H and O–H groups in total. The third-order valence-electron chi connectivity index (χ3n) is 5.19. The molecule has 8 heteroatoms. The van der Waals surface area contributed by atoms with Gasteiger partial charge in [0.15, 0.2) is 15.0 Å². The summed E-state index contributed by atoms with van der Waals surface area (Å²) in [6.45, 7) is 1.95. The quantitative estimate of drug-likeness (QED) is 0.710. The molecular weight excluding hydrogens is 428 g/mol. The number of benzene rings is 2. The van der Waals surface area contributed by atoms with Gasteiger partial charge in [-0.2, -0.15) is 4.99 Å². The molecule has 2 aliphatic heterocycles. The number of aliphatic imine (C=N–C) groups is 1. The van der Waals surface area contributed by atoms with E-state index in [1.165, 1.54) is 11.8 Å². The van der Waals surface area contributed by atoms with Crippen LogP contribution in [0.5, 0.6) is 0 Å². The van der Waals surface area contributed by atoms with Crippen LogP contribution in [-0.4, -0.2) is 42.3 Å². The Morgan fingerprint density at radius 1 is 1.21 bits per heavy atom. The topological polar surface area (TPSA) is 66.8 Å². The van der Waals surface area contributed by atoms with Gasteiger partial charge in [0.25, 0.3) is 0 Å². The van der Waals surface area contributed by atoms with E-state index in [-0.39, 0.29) is 28.7 Å². The van der Waals surface area contributed by atoms with Gasteiger partial charge in [-0.1, -0.05) is 59.8 Å². The van der Waals surface area contributed by atoms with Crippen molar-refractivity contribution in [2.24, 2.45) is 4.99 Å². The third kappa shape index (κ3) is 4.52. The number of hydrogen-bond donors (Lipinski definition) is 0. The van der Waals surface area contributed by atoms with Crippen molar-refractivity contribution >= 4 is 50.0 Å². The van der Waals surface area contributed by atoms with Gasteiger partial charge >= 0.3 is 0 Å². The van der Waals surface area contributed by atoms with E-state index >= 15 is 0 Å². The molecule has 2 aromatic rings. The second-order valence-corrected chi connectivity index (χ2v) is 11.2. The molecule has 2 aliphatic rings. The molecule has 5 nitrogen and oxygen atoms in total. The lowest BCUT2D eigenvalue weighted by atomic mass is 10.1. The summed E-state index contributed by atoms with van der Waals surface area (Å²) >= 11 is 7.59. The number of aryl methyl sites for hydroxylation is 2. The second-order valence-electron chi connectivity index (χ2n) is 7.38. The summed E-state index contributed by atoms with van der Waals surface area (Å²) in [5, 5.41) is 1.01. The van der Waals surface area contributed by atoms with Crippen molar-refractivity contribution in [1.82, 2.24) is 0 Å². The molecule has 0 bridgehead atoms. The van der Waals surface area contributed by atoms with Crippen LogP contribution >= 0.6 is 23.4 Å². The number of halogens is 1. The van der Waals surface area contributed by atoms with E-state index in [0.29, 0.717) is 23.0 Å². The first-order valence-corrected chi connectivity index (χ1v) is 12.5. The lowest BCUT2D eigenvalue weighted by Crippen LogP contribution is -2.38. The zero-order chi connectivity index (χ0) is 20.6. The summed E-state index contributed by atoms with van der Waals surface area (Å²) in [5.41, 5.74) is 2.86. The maximum Gasteiger partial charge on any atom is 0.248 e. The van der Waals surface area contributed by atoms with Gasteiger partial charge in [0, 0.05) is 22.4 Å². The maximum absolute atomic E-state index is 12.6. The summed E-state index contributed by atoms with van der Waals surface area (Å²) < 4.78 is 24.4. The Hall–Kier alpha value is -1.83. The van der Waals surface area contributed by atoms with Crippen molar-refractivity contribution in [2.45, 2.75) is 31.1 Å². The number of amides is 1. The molecule has 2 heterocycles. The van der Waals surface area contributed by atoms with Crippen LogP contribution in [0, 0.1) is 6.92 Å². The molecule has 4 rings (SSSR count). The van der Waals surface area contributed by atoms with Crippen LogP contribution in [0.2, 0.25) is 5.02 Å². The summed E-state index contributed by atoms with van der Waals surface area (Å²) in [6, 6.07) is 15.1. The molecule has 0 spiro atoms. The molecule has 152 valence electrons. The van der Waals surface area contributed by atoms with Crippen molar-refractivity contribution in [2.75, 3.05) is 16.4 Å². The smallest absolute Gasteiger partial charge is 0.248 e. The fourth-order valence-electron chi connectivity index (χ4n) is 3.75. The van der Waals surface area contributed by atoms with Crippen LogP contribution in [0.25, 0.3) is 0 Å². The van der Waals surface area contributed by atoms with Gasteiger partial charge in [0.2, 0.25) is 5.91 Å². The van der Waals surface area contributed by atoms with E-state index in [1.54, 1.807) is 6.07 Å². The Labute approximate surface area is 180 Å². The maximum atomic E-state index is 12.6. The average molecular weight is 449 g/mol. The normalized spacial score (nSPS) is 24.1. The first-order valence-electron chi connectivity index (χ1n) is 9.40. The van der Waals surface area contributed by atoms with Gasteiger partial charge in [-0.15, -0.1) is 0 Å². The van der Waals surface area contributed by atoms with Crippen LogP contribution in [0.1, 0.15) is 17.5 Å². The zero-order valence-electron chi connectivity index (χ0n) is 15.9. The lowest BCUT2D eigenvalue weighted by molar-refractivity contribution is -0.117. The van der Waals surface area contributed by atoms with E-state index in [0.717, 1.165) is 16.8 Å². The zero-order valence-corrected chi connectivity index (χ0v) is 18.3. The highest BCUT2D eigenvalue weighted by Crippen LogP contribution is 2.42. The molecule has 1 amide bonds. The first-order chi connectivity index (χ1) is 13.8. The number of carbonyl (C=O) groups excluding carboxylic acids is 1. The Kier molecular flexibility index (Phi) is 5.73. The number of carbonyl (C=O) groups is 1. The molecule has 2 fully saturated rings. The highest BCUT2D eigenvalue weighted by molar-refractivity contribution is 8.16. The van der Waals surface area contributed by atoms with Crippen LogP contribution in [0.4, 0.5) is 5.69 Å². The van der Waals surface area contributed by atoms with Crippen molar-refractivity contribution in [1.29, 1.82) is 0 Å². The van der Waals surface area contributed by atoms with Gasteiger partial charge in [-0.05, 0) is 36.6 Å². The summed E-state index contributed by atoms with van der Waals surface area (Å²) in [4.78, 5) is 18.9. The number of fused-ring (bicyclic) bond motifs is 1. The molecule has 2 atom stereocenters. The Morgan fingerprint density at radius 2 is 1.97 bits per heavy atom. The minimum absolute atomic E-state index is 0.0633. The van der Waals surface area contributed by atoms with Crippen molar-refractivity contribution in [3.8, 4) is 0 Å². The lowest BCUT2D eigenvalue weighted by Gasteiger charge is -2.26. The van der Waals surface area contributed by atoms with E-state index in [1.807, 2.05) is 54.3 Å². The predicted molar refractivity (Wildman–Crippen MR) is 120 cm³/mol. The Balaban J connectivity index is 1.61. The summed E-state index contributed by atoms with van der Waals surface area (Å²) in [7, 11) is -3.10. The van der Waals surface area contributed by atoms with Crippen LogP contribution in [0.3, 0.4) is 0 Å². The SMILES string of the molecule is Cc1ccc(Cl)cc1N1C(=NC(=O)CCc2ccccc2)S[C@H]2CS(=O)(=O)C[C@@H]21. The van der Waals surface area contributed by atoms with Crippen LogP contribution in [-0.2, 0) is 21.1 Å². The molecule has 0 unspecified atom stereocenters. The highest BCUT2D eigenvalue weighted by atomic mass is 35.5. The van der Waals surface area contributed by atoms with Crippen molar-refractivity contribution < 1.29 is 13.2 Å². The highest BCUT2D eigenvalue weighted by Gasteiger charge is 2.49. The second kappa shape index (κ2) is 8.13. The summed E-state index contributed by atoms with van der Waals surface area (Å²) in [5.74, 6) is -0.0346. The molecule has 0 aliphatic carbocycles. The molecule has 0 saturated carbocycles.